The van der Waals surface area contributed by atoms with Crippen molar-refractivity contribution < 1.29 is 9.53 Å². The van der Waals surface area contributed by atoms with Crippen molar-refractivity contribution in [2.75, 3.05) is 0 Å². The van der Waals surface area contributed by atoms with Crippen molar-refractivity contribution in [2.45, 2.75) is 18.9 Å². The first-order valence-corrected chi connectivity index (χ1v) is 2.58. The van der Waals surface area contributed by atoms with Crippen LogP contribution < -0.4 is 0 Å². The van der Waals surface area contributed by atoms with Crippen LogP contribution in [-0.4, -0.2) is 12.6 Å². The van der Waals surface area contributed by atoms with Crippen molar-refractivity contribution >= 4 is 6.47 Å². The smallest absolute Gasteiger partial charge is 0.293 e. The van der Waals surface area contributed by atoms with Gasteiger partial charge in [-0.25, -0.2) is 0 Å². The average Bonchev–Trinajstić information content (AvgIpc) is 1.64. The van der Waals surface area contributed by atoms with Crippen molar-refractivity contribution in [2.24, 2.45) is 0 Å². The maximum absolute atomic E-state index is 9.66. The molecule has 0 aromatic heterocycles. The number of hydrogen-bond donors (Lipinski definition) is 0. The zero-order valence-corrected chi connectivity index (χ0v) is 4.59. The molecule has 1 rings (SSSR count). The van der Waals surface area contributed by atoms with Crippen LogP contribution in [0.25, 0.3) is 0 Å². The summed E-state index contributed by atoms with van der Waals surface area (Å²) in [5, 5.41) is 0. The van der Waals surface area contributed by atoms with E-state index in [1.165, 1.54) is 5.57 Å². The second-order valence-corrected chi connectivity index (χ2v) is 2.01. The molecule has 8 heavy (non-hydrogen) atoms. The summed E-state index contributed by atoms with van der Waals surface area (Å²) in [6.45, 7) is 4.19. The second-order valence-electron chi connectivity index (χ2n) is 2.01. The van der Waals surface area contributed by atoms with Gasteiger partial charge in [-0.05, 0) is 0 Å². The van der Waals surface area contributed by atoms with E-state index in [-0.39, 0.29) is 6.10 Å². The predicted octanol–water partition coefficient (Wildman–Crippen LogP) is 0.878. The summed E-state index contributed by atoms with van der Waals surface area (Å²) in [7, 11) is 0. The Labute approximate surface area is 48.1 Å². The Hall–Kier alpha value is -0.790. The molecule has 0 spiro atoms. The third-order valence-corrected chi connectivity index (χ3v) is 1.28. The first-order chi connectivity index (χ1) is 3.83. The second kappa shape index (κ2) is 1.99. The molecule has 2 nitrogen and oxygen atoms in total. The maximum atomic E-state index is 9.66. The van der Waals surface area contributed by atoms with Gasteiger partial charge in [-0.15, -0.1) is 0 Å². The van der Waals surface area contributed by atoms with Crippen molar-refractivity contribution in [1.82, 2.24) is 0 Å². The molecular formula is C6H8O2. The molecule has 1 aliphatic rings. The SMILES string of the molecule is C=C1CC(OC=O)C1. The molecule has 1 saturated carbocycles. The molecule has 0 N–H and O–H groups in total. The Morgan fingerprint density at radius 1 is 1.75 bits per heavy atom. The highest BCUT2D eigenvalue weighted by molar-refractivity contribution is 5.38. The first kappa shape index (κ1) is 5.35. The molecule has 0 heterocycles. The van der Waals surface area contributed by atoms with Crippen molar-refractivity contribution in [3.8, 4) is 0 Å². The summed E-state index contributed by atoms with van der Waals surface area (Å²) in [4.78, 5) is 9.66. The standard InChI is InChI=1S/C6H8O2/c1-5-2-6(3-5)8-4-7/h4,6H,1-3H2. The summed E-state index contributed by atoms with van der Waals surface area (Å²) in [5.41, 5.74) is 1.18. The number of carbonyl (C=O) groups is 1. The molecule has 0 amide bonds. The van der Waals surface area contributed by atoms with E-state index >= 15 is 0 Å². The minimum Gasteiger partial charge on any atom is -0.464 e. The van der Waals surface area contributed by atoms with E-state index in [2.05, 4.69) is 11.3 Å². The van der Waals surface area contributed by atoms with Crippen LogP contribution in [0.5, 0.6) is 0 Å². The van der Waals surface area contributed by atoms with E-state index in [1.807, 2.05) is 0 Å². The van der Waals surface area contributed by atoms with Gasteiger partial charge >= 0.3 is 0 Å². The third-order valence-electron chi connectivity index (χ3n) is 1.28. The highest BCUT2D eigenvalue weighted by atomic mass is 16.5. The van der Waals surface area contributed by atoms with Gasteiger partial charge in [0.15, 0.2) is 0 Å². The zero-order valence-electron chi connectivity index (χ0n) is 4.59. The summed E-state index contributed by atoms with van der Waals surface area (Å²) in [6, 6.07) is 0. The third kappa shape index (κ3) is 0.886. The normalized spacial score (nSPS) is 19.8. The van der Waals surface area contributed by atoms with E-state index in [4.69, 9.17) is 0 Å². The Balaban J connectivity index is 2.15. The van der Waals surface area contributed by atoms with E-state index in [1.54, 1.807) is 0 Å². The fourth-order valence-corrected chi connectivity index (χ4v) is 0.759. The number of rotatable bonds is 2. The molecule has 0 aliphatic heterocycles. The molecule has 0 bridgehead atoms. The quantitative estimate of drug-likeness (QED) is 0.391. The fourth-order valence-electron chi connectivity index (χ4n) is 0.759. The van der Waals surface area contributed by atoms with Gasteiger partial charge in [-0.1, -0.05) is 12.2 Å². The van der Waals surface area contributed by atoms with Crippen LogP contribution in [0.3, 0.4) is 0 Å². The number of hydrogen-bond acceptors (Lipinski definition) is 2. The van der Waals surface area contributed by atoms with Crippen LogP contribution in [0.1, 0.15) is 12.8 Å². The van der Waals surface area contributed by atoms with E-state index in [9.17, 15) is 4.79 Å². The largest absolute Gasteiger partial charge is 0.464 e. The van der Waals surface area contributed by atoms with Crippen molar-refractivity contribution in [3.05, 3.63) is 12.2 Å². The first-order valence-electron chi connectivity index (χ1n) is 2.58. The minimum atomic E-state index is 0.139. The van der Waals surface area contributed by atoms with Crippen LogP contribution >= 0.6 is 0 Å². The van der Waals surface area contributed by atoms with Crippen LogP contribution in [0, 0.1) is 0 Å². The van der Waals surface area contributed by atoms with Gasteiger partial charge in [-0.3, -0.25) is 4.79 Å². The van der Waals surface area contributed by atoms with Gasteiger partial charge < -0.3 is 4.74 Å². The molecule has 2 heteroatoms. The number of carbonyl (C=O) groups excluding carboxylic acids is 1. The molecule has 0 unspecified atom stereocenters. The van der Waals surface area contributed by atoms with Gasteiger partial charge in [0.25, 0.3) is 6.47 Å². The van der Waals surface area contributed by atoms with Crippen LogP contribution in [0.2, 0.25) is 0 Å². The predicted molar refractivity (Wildman–Crippen MR) is 29.3 cm³/mol. The minimum absolute atomic E-state index is 0.139. The van der Waals surface area contributed by atoms with Gasteiger partial charge in [0.1, 0.15) is 6.10 Å². The molecular weight excluding hydrogens is 104 g/mol. The average molecular weight is 112 g/mol. The highest BCUT2D eigenvalue weighted by Gasteiger charge is 2.21. The van der Waals surface area contributed by atoms with E-state index in [0.717, 1.165) is 12.8 Å². The Morgan fingerprint density at radius 2 is 2.38 bits per heavy atom. The summed E-state index contributed by atoms with van der Waals surface area (Å²) in [5.74, 6) is 0. The monoisotopic (exact) mass is 112 g/mol. The summed E-state index contributed by atoms with van der Waals surface area (Å²) in [6.07, 6.45) is 1.86. The van der Waals surface area contributed by atoms with Gasteiger partial charge in [0.05, 0.1) is 0 Å². The summed E-state index contributed by atoms with van der Waals surface area (Å²) < 4.78 is 4.61. The van der Waals surface area contributed by atoms with Gasteiger partial charge in [0, 0.05) is 12.8 Å². The van der Waals surface area contributed by atoms with Crippen molar-refractivity contribution in [1.29, 1.82) is 0 Å². The van der Waals surface area contributed by atoms with Crippen LogP contribution in [0.15, 0.2) is 12.2 Å². The molecule has 1 aliphatic carbocycles. The van der Waals surface area contributed by atoms with Crippen molar-refractivity contribution in [3.63, 3.8) is 0 Å². The molecule has 0 saturated heterocycles. The molecule has 0 aromatic rings. The topological polar surface area (TPSA) is 26.3 Å². The lowest BCUT2D eigenvalue weighted by Crippen LogP contribution is -2.22. The number of ether oxygens (including phenoxy) is 1. The van der Waals surface area contributed by atoms with Gasteiger partial charge in [-0.2, -0.15) is 0 Å². The molecule has 0 aromatic carbocycles. The highest BCUT2D eigenvalue weighted by Crippen LogP contribution is 2.26. The molecule has 0 radical (unpaired) electrons. The lowest BCUT2D eigenvalue weighted by Gasteiger charge is -2.25. The Kier molecular flexibility index (Phi) is 1.33. The summed E-state index contributed by atoms with van der Waals surface area (Å²) >= 11 is 0. The Morgan fingerprint density at radius 3 is 2.75 bits per heavy atom. The fraction of sp³-hybridized carbons (Fsp3) is 0.500. The molecule has 44 valence electrons. The lowest BCUT2D eigenvalue weighted by atomic mass is 9.91. The van der Waals surface area contributed by atoms with Gasteiger partial charge in [0.2, 0.25) is 0 Å². The van der Waals surface area contributed by atoms with E-state index in [0.29, 0.717) is 6.47 Å². The Bertz CT molecular complexity index is 107. The maximum Gasteiger partial charge on any atom is 0.293 e. The molecule has 0 atom stereocenters. The molecule has 1 fully saturated rings. The van der Waals surface area contributed by atoms with E-state index < -0.39 is 0 Å². The zero-order chi connectivity index (χ0) is 5.98. The van der Waals surface area contributed by atoms with Crippen LogP contribution in [0.4, 0.5) is 0 Å². The van der Waals surface area contributed by atoms with Crippen LogP contribution in [-0.2, 0) is 9.53 Å². The lowest BCUT2D eigenvalue weighted by molar-refractivity contribution is -0.135.